The summed E-state index contributed by atoms with van der Waals surface area (Å²) < 4.78 is 0. The molecule has 20 heavy (non-hydrogen) atoms. The first kappa shape index (κ1) is 75.1. The first-order valence-corrected chi connectivity index (χ1v) is 3.30. The summed E-state index contributed by atoms with van der Waals surface area (Å²) in [6.07, 6.45) is 0. The van der Waals surface area contributed by atoms with Gasteiger partial charge in [-0.05, 0) is 0 Å². The molecule has 0 unspecified atom stereocenters. The van der Waals surface area contributed by atoms with Crippen molar-refractivity contribution in [1.82, 2.24) is 0 Å². The first-order chi connectivity index (χ1) is 6.97. The topological polar surface area (TPSA) is 159 Å². The van der Waals surface area contributed by atoms with Gasteiger partial charge >= 0.3 is 17.1 Å². The molecule has 0 aliphatic carbocycles. The second-order valence-electron chi connectivity index (χ2n) is 0.512. The van der Waals surface area contributed by atoms with E-state index in [1.165, 1.54) is 16.2 Å². The van der Waals surface area contributed by atoms with E-state index in [1.807, 2.05) is 0 Å². The molecule has 0 fully saturated rings. The van der Waals surface area contributed by atoms with Crippen molar-refractivity contribution in [2.24, 2.45) is 0 Å². The van der Waals surface area contributed by atoms with Gasteiger partial charge in [-0.15, -0.1) is 10.1 Å². The van der Waals surface area contributed by atoms with Crippen LogP contribution in [0.15, 0.2) is 0 Å². The Labute approximate surface area is 163 Å². The average Bonchev–Trinajstić information content (AvgIpc) is 2.09. The molecule has 119 valence electrons. The van der Waals surface area contributed by atoms with Crippen molar-refractivity contribution in [3.8, 4) is 16.2 Å². The molecule has 0 aliphatic heterocycles. The van der Waals surface area contributed by atoms with Crippen LogP contribution < -0.4 is 0 Å². The molecule has 0 bridgehead atoms. The molecular weight excluding hydrogens is 430 g/mol. The van der Waals surface area contributed by atoms with E-state index in [2.05, 4.69) is 37.9 Å². The molecule has 8 nitrogen and oxygen atoms in total. The zero-order valence-electron chi connectivity index (χ0n) is 7.93. The third kappa shape index (κ3) is 7230. The SMILES string of the molecule is C.C.N#C[S-].N#C[S-].N#C[S-].O=[N+]([O-])O.S.[C-]#N.[Fe+3].[Fe]. The van der Waals surface area contributed by atoms with E-state index in [4.69, 9.17) is 42.9 Å². The zero-order valence-corrected chi connectivity index (χ0v) is 13.6. The van der Waals surface area contributed by atoms with Gasteiger partial charge in [0.2, 0.25) is 0 Å². The molecule has 0 rings (SSSR count). The molecular formula is C6H11Fe2N5O3S4-. The monoisotopic (exact) mass is 441 g/mol. The maximum Gasteiger partial charge on any atom is 3.00 e. The minimum atomic E-state index is -1.50. The summed E-state index contributed by atoms with van der Waals surface area (Å²) in [5.41, 5.74) is 0. The Bertz CT molecular complexity index is 232. The molecule has 0 aromatic carbocycles. The second-order valence-corrected chi connectivity index (χ2v) is 1.06. The molecule has 0 aromatic heterocycles. The summed E-state index contributed by atoms with van der Waals surface area (Å²) in [6, 6.07) is 0. The Morgan fingerprint density at radius 2 is 1.00 bits per heavy atom. The Balaban J connectivity index is -0.00000000745. The van der Waals surface area contributed by atoms with Crippen LogP contribution in [0, 0.1) is 53.9 Å². The van der Waals surface area contributed by atoms with Gasteiger partial charge in [0.25, 0.3) is 5.09 Å². The molecule has 0 aromatic rings. The van der Waals surface area contributed by atoms with Gasteiger partial charge in [0.05, 0.1) is 0 Å². The van der Waals surface area contributed by atoms with Gasteiger partial charge in [0.15, 0.2) is 0 Å². The largest absolute Gasteiger partial charge is 3.00 e. The van der Waals surface area contributed by atoms with Crippen LogP contribution in [0.25, 0.3) is 0 Å². The number of thiocyanates is 3. The van der Waals surface area contributed by atoms with E-state index in [0.29, 0.717) is 0 Å². The minimum absolute atomic E-state index is 0. The normalized spacial score (nSPS) is 2.35. The molecule has 0 spiro atoms. The Morgan fingerprint density at radius 1 is 1.00 bits per heavy atom. The van der Waals surface area contributed by atoms with Crippen LogP contribution in [0.4, 0.5) is 0 Å². The van der Waals surface area contributed by atoms with Crippen molar-refractivity contribution in [3.63, 3.8) is 0 Å². The van der Waals surface area contributed by atoms with Crippen LogP contribution in [0.3, 0.4) is 0 Å². The third-order valence-electron chi connectivity index (χ3n) is 0. The first-order valence-electron chi connectivity index (χ1n) is 2.07. The maximum atomic E-state index is 8.36. The summed E-state index contributed by atoms with van der Waals surface area (Å²) >= 11 is 11.1. The van der Waals surface area contributed by atoms with Crippen molar-refractivity contribution in [1.29, 1.82) is 21.0 Å². The summed E-state index contributed by atoms with van der Waals surface area (Å²) in [7, 11) is 0. The molecule has 0 saturated heterocycles. The van der Waals surface area contributed by atoms with Gasteiger partial charge in [-0.2, -0.15) is 13.5 Å². The van der Waals surface area contributed by atoms with E-state index in [0.717, 1.165) is 0 Å². The smallest absolute Gasteiger partial charge is 0.696 e. The number of nitriles is 3. The summed E-state index contributed by atoms with van der Waals surface area (Å²) in [5.74, 6) is 0. The van der Waals surface area contributed by atoms with E-state index in [-0.39, 0.29) is 62.5 Å². The van der Waals surface area contributed by atoms with Crippen LogP contribution in [0.5, 0.6) is 0 Å². The van der Waals surface area contributed by atoms with Gasteiger partial charge in [0, 0.05) is 17.1 Å². The number of hydrogen-bond donors (Lipinski definition) is 1. The Hall–Kier alpha value is -0.791. The predicted octanol–water partition coefficient (Wildman–Crippen LogP) is 1.17. The van der Waals surface area contributed by atoms with E-state index < -0.39 is 5.09 Å². The fourth-order valence-corrected chi connectivity index (χ4v) is 0. The minimum Gasteiger partial charge on any atom is -0.696 e. The fourth-order valence-electron chi connectivity index (χ4n) is 0. The molecule has 14 heteroatoms. The van der Waals surface area contributed by atoms with Crippen molar-refractivity contribution >= 4 is 51.4 Å². The fraction of sp³-hybridized carbons (Fsp3) is 0.333. The van der Waals surface area contributed by atoms with Crippen LogP contribution in [0.1, 0.15) is 14.9 Å². The van der Waals surface area contributed by atoms with E-state index in [1.54, 1.807) is 0 Å². The second kappa shape index (κ2) is 199. The van der Waals surface area contributed by atoms with Gasteiger partial charge in [-0.3, -0.25) is 0 Å². The van der Waals surface area contributed by atoms with Crippen LogP contribution in [0.2, 0.25) is 0 Å². The molecule has 0 amide bonds. The Kier molecular flexibility index (Phi) is 746. The van der Waals surface area contributed by atoms with Gasteiger partial charge in [-0.1, -0.05) is 31.1 Å². The number of rotatable bonds is 0. The number of nitrogens with zero attached hydrogens (tertiary/aromatic N) is 5. The molecule has 0 aliphatic rings. The third-order valence-corrected chi connectivity index (χ3v) is 0. The van der Waals surface area contributed by atoms with E-state index in [9.17, 15) is 0 Å². The Morgan fingerprint density at radius 3 is 1.00 bits per heavy atom. The van der Waals surface area contributed by atoms with Gasteiger partial charge < -0.3 is 54.9 Å². The molecule has 0 heterocycles. The molecule has 1 radical (unpaired) electrons. The molecule has 0 saturated carbocycles. The standard InChI is InChI=1S/3CHNS.CN.2CH4.2Fe.HNO3.H2S/c3*2-1-3;1-2;;;;;2-1(3)4;/h3*3H;;2*1H4;;;(H,2,3,4);1H2/q;;;-1;;;;+3;;/p-3. The number of hydrogen-bond acceptors (Lipinski definition) is 9. The van der Waals surface area contributed by atoms with Crippen LogP contribution in [-0.4, -0.2) is 10.3 Å². The maximum absolute atomic E-state index is 8.36. The summed E-state index contributed by atoms with van der Waals surface area (Å²) in [5, 5.41) is 45.3. The van der Waals surface area contributed by atoms with Crippen molar-refractivity contribution < 1.29 is 44.4 Å². The summed E-state index contributed by atoms with van der Waals surface area (Å²) in [6.45, 7) is 4.75. The predicted molar refractivity (Wildman–Crippen MR) is 76.5 cm³/mol. The summed E-state index contributed by atoms with van der Waals surface area (Å²) in [4.78, 5) is 8.36. The quantitative estimate of drug-likeness (QED) is 0.144. The van der Waals surface area contributed by atoms with Crippen molar-refractivity contribution in [3.05, 3.63) is 16.7 Å². The van der Waals surface area contributed by atoms with Crippen molar-refractivity contribution in [2.75, 3.05) is 0 Å². The van der Waals surface area contributed by atoms with Gasteiger partial charge in [0.1, 0.15) is 0 Å². The van der Waals surface area contributed by atoms with Crippen LogP contribution >= 0.6 is 13.5 Å². The van der Waals surface area contributed by atoms with Crippen molar-refractivity contribution in [2.45, 2.75) is 14.9 Å². The zero-order chi connectivity index (χ0) is 13.7. The van der Waals surface area contributed by atoms with Crippen LogP contribution in [-0.2, 0) is 72.0 Å². The average molecular weight is 441 g/mol. The molecule has 1 N–H and O–H groups in total. The van der Waals surface area contributed by atoms with E-state index >= 15 is 0 Å². The van der Waals surface area contributed by atoms with Gasteiger partial charge in [-0.25, -0.2) is 15.8 Å². The molecule has 0 atom stereocenters.